The number of halogens is 1. The molecule has 0 bridgehead atoms. The van der Waals surface area contributed by atoms with Crippen LogP contribution in [0.5, 0.6) is 0 Å². The minimum Gasteiger partial charge on any atom is -0.398 e. The zero-order chi connectivity index (χ0) is 12.4. The van der Waals surface area contributed by atoms with Crippen LogP contribution in [0.25, 0.3) is 0 Å². The van der Waals surface area contributed by atoms with Crippen molar-refractivity contribution in [1.29, 1.82) is 0 Å². The summed E-state index contributed by atoms with van der Waals surface area (Å²) >= 11 is 0. The predicted molar refractivity (Wildman–Crippen MR) is 60.7 cm³/mol. The van der Waals surface area contributed by atoms with E-state index in [1.807, 2.05) is 0 Å². The fourth-order valence-corrected chi connectivity index (χ4v) is 1.46. The zero-order valence-corrected chi connectivity index (χ0v) is 8.93. The molecule has 1 amide bonds. The van der Waals surface area contributed by atoms with Gasteiger partial charge in [0.15, 0.2) is 0 Å². The van der Waals surface area contributed by atoms with Gasteiger partial charge in [0.25, 0.3) is 5.91 Å². The Morgan fingerprint density at radius 1 is 1.47 bits per heavy atom. The lowest BCUT2D eigenvalue weighted by molar-refractivity contribution is 0.1000. The number of carbonyl (C=O) groups excluding carboxylic acids is 1. The summed E-state index contributed by atoms with van der Waals surface area (Å²) in [5.41, 5.74) is 12.2. The summed E-state index contributed by atoms with van der Waals surface area (Å²) in [5, 5.41) is 3.96. The Hall–Kier alpha value is -2.37. The van der Waals surface area contributed by atoms with Gasteiger partial charge in [0.05, 0.1) is 18.3 Å². The van der Waals surface area contributed by atoms with Crippen LogP contribution in [0.3, 0.4) is 0 Å². The molecule has 2 rings (SSSR count). The molecule has 1 aromatic carbocycles. The molecule has 0 unspecified atom stereocenters. The molecule has 0 radical (unpaired) electrons. The van der Waals surface area contributed by atoms with Crippen LogP contribution >= 0.6 is 0 Å². The highest BCUT2D eigenvalue weighted by Gasteiger charge is 2.06. The molecule has 0 fully saturated rings. The summed E-state index contributed by atoms with van der Waals surface area (Å²) in [6.45, 7) is 0.361. The maximum atomic E-state index is 12.8. The van der Waals surface area contributed by atoms with Crippen molar-refractivity contribution in [3.8, 4) is 0 Å². The Balaban J connectivity index is 2.22. The van der Waals surface area contributed by atoms with Crippen molar-refractivity contribution in [1.82, 2.24) is 9.78 Å². The van der Waals surface area contributed by atoms with E-state index >= 15 is 0 Å². The molecule has 0 aliphatic rings. The average molecular weight is 234 g/mol. The molecule has 88 valence electrons. The summed E-state index contributed by atoms with van der Waals surface area (Å²) in [7, 11) is 0. The lowest BCUT2D eigenvalue weighted by Gasteiger charge is -2.05. The average Bonchev–Trinajstić information content (AvgIpc) is 2.71. The minimum atomic E-state index is -0.539. The van der Waals surface area contributed by atoms with E-state index in [0.29, 0.717) is 17.8 Å². The van der Waals surface area contributed by atoms with Gasteiger partial charge in [-0.1, -0.05) is 6.07 Å². The largest absolute Gasteiger partial charge is 0.398 e. The maximum Gasteiger partial charge on any atom is 0.251 e. The van der Waals surface area contributed by atoms with Crippen LogP contribution in [0, 0.1) is 5.82 Å². The molecule has 0 saturated carbocycles. The Morgan fingerprint density at radius 2 is 2.24 bits per heavy atom. The van der Waals surface area contributed by atoms with Crippen molar-refractivity contribution in [2.75, 3.05) is 5.73 Å². The van der Waals surface area contributed by atoms with Crippen LogP contribution in [-0.2, 0) is 6.54 Å². The van der Waals surface area contributed by atoms with Gasteiger partial charge in [-0.3, -0.25) is 9.48 Å². The SMILES string of the molecule is NC(=O)c1cnn(Cc2ccc(F)cc2N)c1. The number of rotatable bonds is 3. The maximum absolute atomic E-state index is 12.8. The number of anilines is 1. The number of carbonyl (C=O) groups is 1. The second-order valence-electron chi connectivity index (χ2n) is 3.63. The standard InChI is InChI=1S/C11H11FN4O/c12-9-2-1-7(10(13)3-9)5-16-6-8(4-15-16)11(14)17/h1-4,6H,5,13H2,(H2,14,17). The quantitative estimate of drug-likeness (QED) is 0.768. The van der Waals surface area contributed by atoms with E-state index in [1.165, 1.54) is 29.2 Å². The van der Waals surface area contributed by atoms with Crippen LogP contribution in [0.15, 0.2) is 30.6 Å². The second-order valence-corrected chi connectivity index (χ2v) is 3.63. The van der Waals surface area contributed by atoms with Crippen molar-refractivity contribution in [3.05, 3.63) is 47.5 Å². The van der Waals surface area contributed by atoms with Gasteiger partial charge < -0.3 is 11.5 Å². The fourth-order valence-electron chi connectivity index (χ4n) is 1.46. The van der Waals surface area contributed by atoms with Gasteiger partial charge in [0, 0.05) is 11.9 Å². The van der Waals surface area contributed by atoms with Crippen molar-refractivity contribution in [2.45, 2.75) is 6.54 Å². The van der Waals surface area contributed by atoms with Crippen LogP contribution < -0.4 is 11.5 Å². The number of aromatic nitrogens is 2. The molecule has 0 spiro atoms. The van der Waals surface area contributed by atoms with E-state index < -0.39 is 5.91 Å². The molecule has 0 atom stereocenters. The molecule has 0 aliphatic heterocycles. The van der Waals surface area contributed by atoms with E-state index in [0.717, 1.165) is 5.56 Å². The lowest BCUT2D eigenvalue weighted by Crippen LogP contribution is -2.10. The molecule has 0 aliphatic carbocycles. The van der Waals surface area contributed by atoms with Gasteiger partial charge in [0.1, 0.15) is 5.82 Å². The van der Waals surface area contributed by atoms with Gasteiger partial charge >= 0.3 is 0 Å². The van der Waals surface area contributed by atoms with E-state index in [-0.39, 0.29) is 5.82 Å². The molecule has 1 heterocycles. The molecule has 5 nitrogen and oxygen atoms in total. The third-order valence-corrected chi connectivity index (χ3v) is 2.36. The van der Waals surface area contributed by atoms with E-state index in [9.17, 15) is 9.18 Å². The monoisotopic (exact) mass is 234 g/mol. The Bertz CT molecular complexity index is 564. The highest BCUT2D eigenvalue weighted by Crippen LogP contribution is 2.14. The van der Waals surface area contributed by atoms with Crippen molar-refractivity contribution >= 4 is 11.6 Å². The summed E-state index contributed by atoms with van der Waals surface area (Å²) in [6, 6.07) is 4.15. The number of hydrogen-bond acceptors (Lipinski definition) is 3. The molecular formula is C11H11FN4O. The summed E-state index contributed by atoms with van der Waals surface area (Å²) in [6.07, 6.45) is 2.90. The normalized spacial score (nSPS) is 10.4. The van der Waals surface area contributed by atoms with Gasteiger partial charge in [-0.25, -0.2) is 4.39 Å². The first-order valence-corrected chi connectivity index (χ1v) is 4.92. The minimum absolute atomic E-state index is 0.325. The molecule has 4 N–H and O–H groups in total. The number of nitrogens with zero attached hydrogens (tertiary/aromatic N) is 2. The number of benzene rings is 1. The predicted octanol–water partition coefficient (Wildman–Crippen LogP) is 0.752. The fraction of sp³-hybridized carbons (Fsp3) is 0.0909. The zero-order valence-electron chi connectivity index (χ0n) is 8.93. The van der Waals surface area contributed by atoms with Crippen LogP contribution in [-0.4, -0.2) is 15.7 Å². The first kappa shape index (κ1) is 11.1. The Kier molecular flexibility index (Phi) is 2.78. The van der Waals surface area contributed by atoms with Gasteiger partial charge in [0.2, 0.25) is 0 Å². The smallest absolute Gasteiger partial charge is 0.251 e. The second kappa shape index (κ2) is 4.25. The van der Waals surface area contributed by atoms with E-state index in [2.05, 4.69) is 5.10 Å². The number of primary amides is 1. The topological polar surface area (TPSA) is 86.9 Å². The number of nitrogen functional groups attached to an aromatic ring is 1. The van der Waals surface area contributed by atoms with Crippen molar-refractivity contribution in [2.24, 2.45) is 5.73 Å². The summed E-state index contributed by atoms with van der Waals surface area (Å²) in [5.74, 6) is -0.923. The molecule has 1 aromatic heterocycles. The number of hydrogen-bond donors (Lipinski definition) is 2. The molecule has 17 heavy (non-hydrogen) atoms. The van der Waals surface area contributed by atoms with Crippen molar-refractivity contribution < 1.29 is 9.18 Å². The molecule has 6 heteroatoms. The summed E-state index contributed by atoms with van der Waals surface area (Å²) in [4.78, 5) is 10.9. The van der Waals surface area contributed by atoms with Crippen molar-refractivity contribution in [3.63, 3.8) is 0 Å². The molecular weight excluding hydrogens is 223 g/mol. The lowest BCUT2D eigenvalue weighted by atomic mass is 10.2. The van der Waals surface area contributed by atoms with Crippen LogP contribution in [0.4, 0.5) is 10.1 Å². The van der Waals surface area contributed by atoms with E-state index in [4.69, 9.17) is 11.5 Å². The van der Waals surface area contributed by atoms with Gasteiger partial charge in [-0.05, 0) is 17.7 Å². The molecule has 2 aromatic rings. The number of amides is 1. The number of nitrogens with two attached hydrogens (primary N) is 2. The Labute approximate surface area is 96.8 Å². The summed E-state index contributed by atoms with van der Waals surface area (Å²) < 4.78 is 14.4. The third-order valence-electron chi connectivity index (χ3n) is 2.36. The highest BCUT2D eigenvalue weighted by atomic mass is 19.1. The van der Waals surface area contributed by atoms with E-state index in [1.54, 1.807) is 6.07 Å². The van der Waals surface area contributed by atoms with Gasteiger partial charge in [-0.2, -0.15) is 5.10 Å². The Morgan fingerprint density at radius 3 is 2.82 bits per heavy atom. The van der Waals surface area contributed by atoms with Crippen LogP contribution in [0.2, 0.25) is 0 Å². The first-order chi connectivity index (χ1) is 8.06. The first-order valence-electron chi connectivity index (χ1n) is 4.92. The third kappa shape index (κ3) is 2.41. The van der Waals surface area contributed by atoms with Gasteiger partial charge in [-0.15, -0.1) is 0 Å². The highest BCUT2D eigenvalue weighted by molar-refractivity contribution is 5.92. The van der Waals surface area contributed by atoms with Crippen LogP contribution in [0.1, 0.15) is 15.9 Å². The molecule has 0 saturated heterocycles.